The fourth-order valence-corrected chi connectivity index (χ4v) is 2.87. The number of carbonyl (C=O) groups excluding carboxylic acids is 1. The Kier molecular flexibility index (Phi) is 3.74. The topological polar surface area (TPSA) is 35.5 Å². The van der Waals surface area contributed by atoms with Crippen molar-refractivity contribution in [1.29, 1.82) is 0 Å². The van der Waals surface area contributed by atoms with Crippen molar-refractivity contribution in [2.45, 2.75) is 10.3 Å². The third-order valence-corrected chi connectivity index (χ3v) is 4.01. The molecule has 3 nitrogen and oxygen atoms in total. The van der Waals surface area contributed by atoms with Gasteiger partial charge >= 0.3 is 5.97 Å². The molecule has 1 saturated carbocycles. The van der Waals surface area contributed by atoms with E-state index < -0.39 is 28.0 Å². The van der Waals surface area contributed by atoms with Gasteiger partial charge in [-0.1, -0.05) is 40.9 Å². The maximum Gasteiger partial charge on any atom is 0.349 e. The first kappa shape index (κ1) is 13.9. The van der Waals surface area contributed by atoms with Gasteiger partial charge in [-0.05, 0) is 17.7 Å². The Morgan fingerprint density at radius 3 is 2.67 bits per heavy atom. The molecule has 1 aliphatic rings. The molecule has 1 fully saturated rings. The molecular formula is C11H8Cl3FO3. The molecule has 0 radical (unpaired) electrons. The van der Waals surface area contributed by atoms with E-state index in [1.54, 1.807) is 0 Å². The smallest absolute Gasteiger partial charge is 0.298 e. The van der Waals surface area contributed by atoms with Gasteiger partial charge in [0, 0.05) is 5.92 Å². The van der Waals surface area contributed by atoms with E-state index >= 15 is 0 Å². The first-order valence-electron chi connectivity index (χ1n) is 4.97. The number of halogens is 4. The van der Waals surface area contributed by atoms with Crippen molar-refractivity contribution in [1.82, 2.24) is 0 Å². The molecule has 1 aromatic rings. The molecule has 0 bridgehead atoms. The van der Waals surface area contributed by atoms with Gasteiger partial charge in [0.25, 0.3) is 0 Å². The molecule has 2 atom stereocenters. The first-order valence-corrected chi connectivity index (χ1v) is 6.10. The maximum atomic E-state index is 13.0. The second-order valence-corrected chi connectivity index (χ2v) is 5.72. The molecule has 7 heteroatoms. The highest BCUT2D eigenvalue weighted by atomic mass is 35.5. The van der Waals surface area contributed by atoms with Gasteiger partial charge in [-0.15, -0.1) is 0 Å². The van der Waals surface area contributed by atoms with E-state index in [0.29, 0.717) is 5.56 Å². The molecule has 0 unspecified atom stereocenters. The third kappa shape index (κ3) is 2.30. The summed E-state index contributed by atoms with van der Waals surface area (Å²) in [5.74, 6) is -2.48. The van der Waals surface area contributed by atoms with Crippen LogP contribution >= 0.6 is 34.8 Å². The minimum atomic E-state index is -1.29. The van der Waals surface area contributed by atoms with Gasteiger partial charge in [0.2, 0.25) is 0 Å². The van der Waals surface area contributed by atoms with Crippen LogP contribution in [0.1, 0.15) is 11.5 Å². The highest BCUT2D eigenvalue weighted by Gasteiger charge is 2.69. The van der Waals surface area contributed by atoms with Crippen LogP contribution < -0.4 is 0 Å². The summed E-state index contributed by atoms with van der Waals surface area (Å²) in [6.07, 6.45) is 0. The van der Waals surface area contributed by atoms with Crippen molar-refractivity contribution in [2.24, 2.45) is 5.92 Å². The van der Waals surface area contributed by atoms with Crippen LogP contribution in [0.4, 0.5) is 4.39 Å². The second kappa shape index (κ2) is 4.85. The number of carbonyl (C=O) groups is 1. The predicted molar refractivity (Wildman–Crippen MR) is 65.2 cm³/mol. The standard InChI is InChI=1S/C11H8Cl3FO3/c1-17-18-10(16)9-8(11(9,13)14)5-2-3-7(15)6(12)4-5/h2-4,8-9H,1H3/t8-,9+/m0/s1. The lowest BCUT2D eigenvalue weighted by Crippen LogP contribution is -2.09. The van der Waals surface area contributed by atoms with E-state index in [1.807, 2.05) is 0 Å². The summed E-state index contributed by atoms with van der Waals surface area (Å²) in [6, 6.07) is 4.06. The normalized spacial score (nSPS) is 24.7. The zero-order chi connectivity index (χ0) is 13.5. The fraction of sp³-hybridized carbons (Fsp3) is 0.364. The molecular weight excluding hydrogens is 305 g/mol. The second-order valence-electron chi connectivity index (χ2n) is 3.87. The molecule has 0 heterocycles. The minimum Gasteiger partial charge on any atom is -0.298 e. The van der Waals surface area contributed by atoms with Crippen molar-refractivity contribution in [3.05, 3.63) is 34.6 Å². The van der Waals surface area contributed by atoms with E-state index in [-0.39, 0.29) is 5.02 Å². The van der Waals surface area contributed by atoms with E-state index in [9.17, 15) is 9.18 Å². The lowest BCUT2D eigenvalue weighted by atomic mass is 10.1. The summed E-state index contributed by atoms with van der Waals surface area (Å²) in [5.41, 5.74) is 0.574. The molecule has 0 N–H and O–H groups in total. The van der Waals surface area contributed by atoms with E-state index in [4.69, 9.17) is 34.8 Å². The number of hydrogen-bond donors (Lipinski definition) is 0. The fourth-order valence-electron chi connectivity index (χ4n) is 1.87. The van der Waals surface area contributed by atoms with Crippen molar-refractivity contribution in [3.8, 4) is 0 Å². The van der Waals surface area contributed by atoms with Crippen LogP contribution in [0.15, 0.2) is 18.2 Å². The van der Waals surface area contributed by atoms with Crippen LogP contribution in [0, 0.1) is 11.7 Å². The van der Waals surface area contributed by atoms with Crippen LogP contribution in [-0.2, 0) is 14.6 Å². The van der Waals surface area contributed by atoms with Crippen molar-refractivity contribution in [2.75, 3.05) is 7.11 Å². The molecule has 0 amide bonds. The first-order chi connectivity index (χ1) is 8.39. The largest absolute Gasteiger partial charge is 0.349 e. The zero-order valence-corrected chi connectivity index (χ0v) is 11.4. The number of alkyl halides is 2. The van der Waals surface area contributed by atoms with Crippen LogP contribution in [0.2, 0.25) is 5.02 Å². The number of rotatable bonds is 3. The highest BCUT2D eigenvalue weighted by molar-refractivity contribution is 6.53. The highest BCUT2D eigenvalue weighted by Crippen LogP contribution is 2.65. The summed E-state index contributed by atoms with van der Waals surface area (Å²) in [5, 5.41) is -0.0533. The predicted octanol–water partition coefficient (Wildman–Crippen LogP) is 3.47. The Morgan fingerprint density at radius 2 is 2.11 bits per heavy atom. The average molecular weight is 314 g/mol. The summed E-state index contributed by atoms with van der Waals surface area (Å²) in [7, 11) is 1.20. The SMILES string of the molecule is COOC(=O)[C@H]1[C@H](c2ccc(F)c(Cl)c2)C1(Cl)Cl. The molecule has 0 aliphatic heterocycles. The van der Waals surface area contributed by atoms with Crippen LogP contribution in [0.3, 0.4) is 0 Å². The van der Waals surface area contributed by atoms with E-state index in [2.05, 4.69) is 9.78 Å². The quantitative estimate of drug-likeness (QED) is 0.487. The van der Waals surface area contributed by atoms with E-state index in [0.717, 1.165) is 0 Å². The maximum absolute atomic E-state index is 13.0. The minimum absolute atomic E-state index is 0.0533. The van der Waals surface area contributed by atoms with Gasteiger partial charge in [0.15, 0.2) is 0 Å². The number of benzene rings is 1. The Hall–Kier alpha value is -0.550. The van der Waals surface area contributed by atoms with Crippen molar-refractivity contribution in [3.63, 3.8) is 0 Å². The van der Waals surface area contributed by atoms with Gasteiger partial charge in [0.1, 0.15) is 16.1 Å². The zero-order valence-electron chi connectivity index (χ0n) is 9.12. The summed E-state index contributed by atoms with van der Waals surface area (Å²) < 4.78 is 11.7. The molecule has 0 spiro atoms. The van der Waals surface area contributed by atoms with Gasteiger partial charge in [-0.25, -0.2) is 9.18 Å². The molecule has 98 valence electrons. The van der Waals surface area contributed by atoms with Gasteiger partial charge in [-0.2, -0.15) is 4.89 Å². The lowest BCUT2D eigenvalue weighted by Gasteiger charge is -2.01. The monoisotopic (exact) mass is 312 g/mol. The summed E-state index contributed by atoms with van der Waals surface area (Å²) in [4.78, 5) is 20.2. The van der Waals surface area contributed by atoms with Crippen LogP contribution in [0.25, 0.3) is 0 Å². The Bertz CT molecular complexity index is 492. The van der Waals surface area contributed by atoms with Crippen LogP contribution in [0.5, 0.6) is 0 Å². The molecule has 1 aromatic carbocycles. The number of hydrogen-bond acceptors (Lipinski definition) is 3. The molecule has 0 saturated heterocycles. The van der Waals surface area contributed by atoms with Crippen molar-refractivity contribution >= 4 is 40.8 Å². The Morgan fingerprint density at radius 1 is 1.44 bits per heavy atom. The van der Waals surface area contributed by atoms with Gasteiger partial charge < -0.3 is 0 Å². The molecule has 2 rings (SSSR count). The molecule has 0 aromatic heterocycles. The Labute approximate surface area is 118 Å². The summed E-state index contributed by atoms with van der Waals surface area (Å²) in [6.45, 7) is 0. The average Bonchev–Trinajstić information content (AvgIpc) is 2.86. The van der Waals surface area contributed by atoms with Crippen LogP contribution in [-0.4, -0.2) is 17.4 Å². The summed E-state index contributed by atoms with van der Waals surface area (Å²) >= 11 is 17.7. The van der Waals surface area contributed by atoms with Gasteiger partial charge in [-0.3, -0.25) is 4.89 Å². The third-order valence-electron chi connectivity index (χ3n) is 2.78. The lowest BCUT2D eigenvalue weighted by molar-refractivity contribution is -0.256. The van der Waals surface area contributed by atoms with Crippen molar-refractivity contribution < 1.29 is 19.0 Å². The van der Waals surface area contributed by atoms with Gasteiger partial charge in [0.05, 0.1) is 12.1 Å². The molecule has 18 heavy (non-hydrogen) atoms. The Balaban J connectivity index is 2.24. The molecule has 1 aliphatic carbocycles. The van der Waals surface area contributed by atoms with E-state index in [1.165, 1.54) is 25.3 Å².